The molecule has 4 nitrogen and oxygen atoms in total. The topological polar surface area (TPSA) is 57.2 Å². The molecular weight excluding hydrogens is 421 g/mol. The summed E-state index contributed by atoms with van der Waals surface area (Å²) in [6.45, 7) is 0. The summed E-state index contributed by atoms with van der Waals surface area (Å²) < 4.78 is 14.5. The van der Waals surface area contributed by atoms with Crippen molar-refractivity contribution in [2.45, 2.75) is 0 Å². The molecule has 1 aromatic heterocycles. The van der Waals surface area contributed by atoms with Crippen molar-refractivity contribution in [2.24, 2.45) is 5.10 Å². The maximum Gasteiger partial charge on any atom is 0.288 e. The number of para-hydroxylation sites is 1. The van der Waals surface area contributed by atoms with Gasteiger partial charge in [-0.3, -0.25) is 4.79 Å². The van der Waals surface area contributed by atoms with Gasteiger partial charge in [-0.05, 0) is 29.8 Å². The second kappa shape index (κ2) is 7.78. The van der Waals surface area contributed by atoms with Crippen molar-refractivity contribution >= 4 is 39.0 Å². The number of H-pyrrole nitrogens is 1. The Morgan fingerprint density at radius 2 is 1.79 bits per heavy atom. The van der Waals surface area contributed by atoms with Crippen molar-refractivity contribution in [3.63, 3.8) is 0 Å². The molecule has 3 aromatic carbocycles. The smallest absolute Gasteiger partial charge is 0.288 e. The maximum absolute atomic E-state index is 13.9. The van der Waals surface area contributed by atoms with Gasteiger partial charge in [0.1, 0.15) is 11.5 Å². The summed E-state index contributed by atoms with van der Waals surface area (Å²) in [4.78, 5) is 15.9. The van der Waals surface area contributed by atoms with E-state index in [-0.39, 0.29) is 5.56 Å². The van der Waals surface area contributed by atoms with E-state index in [9.17, 15) is 9.18 Å². The molecule has 0 spiro atoms. The summed E-state index contributed by atoms with van der Waals surface area (Å²) >= 11 is 3.21. The Bertz CT molecular complexity index is 1190. The van der Waals surface area contributed by atoms with Crippen LogP contribution in [0.3, 0.4) is 0 Å². The number of nitrogens with zero attached hydrogens (tertiary/aromatic N) is 1. The molecule has 0 fully saturated rings. The molecule has 0 aliphatic carbocycles. The van der Waals surface area contributed by atoms with Gasteiger partial charge in [0.05, 0.1) is 6.21 Å². The quantitative estimate of drug-likeness (QED) is 0.322. The highest BCUT2D eigenvalue weighted by atomic mass is 79.9. The van der Waals surface area contributed by atoms with Crippen molar-refractivity contribution in [3.05, 3.63) is 94.3 Å². The van der Waals surface area contributed by atoms with Crippen molar-refractivity contribution in [1.82, 2.24) is 10.4 Å². The van der Waals surface area contributed by atoms with E-state index in [1.54, 1.807) is 12.1 Å². The zero-order valence-corrected chi connectivity index (χ0v) is 16.2. The third-order valence-corrected chi connectivity index (χ3v) is 4.82. The zero-order chi connectivity index (χ0) is 19.5. The predicted molar refractivity (Wildman–Crippen MR) is 113 cm³/mol. The van der Waals surface area contributed by atoms with Crippen LogP contribution < -0.4 is 5.43 Å². The molecule has 0 bridgehead atoms. The lowest BCUT2D eigenvalue weighted by molar-refractivity contribution is 0.0951. The molecule has 0 atom stereocenters. The van der Waals surface area contributed by atoms with E-state index in [1.807, 2.05) is 54.6 Å². The van der Waals surface area contributed by atoms with Crippen LogP contribution in [0.15, 0.2) is 82.4 Å². The summed E-state index contributed by atoms with van der Waals surface area (Å²) in [5.41, 5.74) is 5.75. The summed E-state index contributed by atoms with van der Waals surface area (Å²) in [6, 6.07) is 22.0. The Hall–Kier alpha value is -3.25. The lowest BCUT2D eigenvalue weighted by Gasteiger charge is -2.04. The number of aromatic amines is 1. The van der Waals surface area contributed by atoms with E-state index in [2.05, 4.69) is 31.4 Å². The van der Waals surface area contributed by atoms with E-state index in [4.69, 9.17) is 0 Å². The first-order valence-electron chi connectivity index (χ1n) is 8.58. The Labute approximate surface area is 169 Å². The van der Waals surface area contributed by atoms with Gasteiger partial charge in [0.25, 0.3) is 5.91 Å². The van der Waals surface area contributed by atoms with Crippen LogP contribution in [0, 0.1) is 5.82 Å². The van der Waals surface area contributed by atoms with Gasteiger partial charge in [-0.2, -0.15) is 5.10 Å². The molecule has 0 aliphatic rings. The second-order valence-electron chi connectivity index (χ2n) is 6.15. The molecule has 0 aliphatic heterocycles. The first-order chi connectivity index (χ1) is 13.6. The number of hydrazone groups is 1. The summed E-state index contributed by atoms with van der Waals surface area (Å²) in [7, 11) is 0. The Balaban J connectivity index is 1.67. The van der Waals surface area contributed by atoms with Crippen LogP contribution in [-0.2, 0) is 0 Å². The number of fused-ring (bicyclic) bond motifs is 1. The second-order valence-corrected chi connectivity index (χ2v) is 7.07. The fraction of sp³-hybridized carbons (Fsp3) is 0. The highest BCUT2D eigenvalue weighted by molar-refractivity contribution is 9.10. The fourth-order valence-electron chi connectivity index (χ4n) is 3.04. The van der Waals surface area contributed by atoms with Gasteiger partial charge >= 0.3 is 0 Å². The normalized spacial score (nSPS) is 11.2. The Morgan fingerprint density at radius 3 is 2.57 bits per heavy atom. The number of nitrogens with one attached hydrogen (secondary N) is 2. The molecule has 1 heterocycles. The minimum atomic E-state index is -0.428. The van der Waals surface area contributed by atoms with E-state index >= 15 is 0 Å². The van der Waals surface area contributed by atoms with Crippen LogP contribution in [0.2, 0.25) is 0 Å². The van der Waals surface area contributed by atoms with Crippen molar-refractivity contribution in [3.8, 4) is 11.1 Å². The Morgan fingerprint density at radius 1 is 1.04 bits per heavy atom. The average Bonchev–Trinajstić information content (AvgIpc) is 3.10. The molecule has 28 heavy (non-hydrogen) atoms. The van der Waals surface area contributed by atoms with Crippen molar-refractivity contribution < 1.29 is 9.18 Å². The lowest BCUT2D eigenvalue weighted by Crippen LogP contribution is -2.19. The van der Waals surface area contributed by atoms with Crippen LogP contribution in [0.25, 0.3) is 22.0 Å². The highest BCUT2D eigenvalue weighted by Gasteiger charge is 2.18. The fourth-order valence-corrected chi connectivity index (χ4v) is 3.37. The first-order valence-corrected chi connectivity index (χ1v) is 9.37. The molecule has 138 valence electrons. The maximum atomic E-state index is 13.9. The van der Waals surface area contributed by atoms with Crippen molar-refractivity contribution in [2.75, 3.05) is 0 Å². The van der Waals surface area contributed by atoms with Gasteiger partial charge in [0.15, 0.2) is 0 Å². The number of hydrogen-bond donors (Lipinski definition) is 2. The molecular formula is C22H15BrFN3O. The number of amides is 1. The zero-order valence-electron chi connectivity index (χ0n) is 14.6. The van der Waals surface area contributed by atoms with Crippen LogP contribution >= 0.6 is 15.9 Å². The number of hydrogen-bond acceptors (Lipinski definition) is 2. The van der Waals surface area contributed by atoms with Gasteiger partial charge in [-0.1, -0.05) is 64.5 Å². The highest BCUT2D eigenvalue weighted by Crippen LogP contribution is 2.32. The van der Waals surface area contributed by atoms with E-state index in [1.165, 1.54) is 12.3 Å². The first kappa shape index (κ1) is 18.1. The van der Waals surface area contributed by atoms with E-state index in [0.29, 0.717) is 10.2 Å². The molecule has 0 radical (unpaired) electrons. The number of halogens is 2. The average molecular weight is 436 g/mol. The third kappa shape index (κ3) is 3.59. The summed E-state index contributed by atoms with van der Waals surface area (Å²) in [5.74, 6) is -0.827. The molecule has 0 saturated heterocycles. The minimum absolute atomic E-state index is 0.281. The van der Waals surface area contributed by atoms with Crippen LogP contribution in [0.1, 0.15) is 16.1 Å². The molecule has 1 amide bonds. The van der Waals surface area contributed by atoms with Gasteiger partial charge in [-0.15, -0.1) is 0 Å². The van der Waals surface area contributed by atoms with Crippen molar-refractivity contribution in [1.29, 1.82) is 0 Å². The Kier molecular flexibility index (Phi) is 5.04. The van der Waals surface area contributed by atoms with E-state index in [0.717, 1.165) is 22.0 Å². The number of carbonyl (C=O) groups is 1. The molecule has 0 unspecified atom stereocenters. The molecule has 4 rings (SSSR count). The number of benzene rings is 3. The summed E-state index contributed by atoms with van der Waals surface area (Å²) in [6.07, 6.45) is 1.28. The number of rotatable bonds is 4. The van der Waals surface area contributed by atoms with Crippen LogP contribution in [0.5, 0.6) is 0 Å². The largest absolute Gasteiger partial charge is 0.350 e. The third-order valence-electron chi connectivity index (χ3n) is 4.33. The standard InChI is InChI=1S/C22H15BrFN3O/c23-16-11-10-15(18(24)12-16)13-25-27-22(28)21-20(14-6-2-1-3-7-14)17-8-4-5-9-19(17)26-21/h1-13,26H,(H,27,28). The molecule has 6 heteroatoms. The molecule has 0 saturated carbocycles. The van der Waals surface area contributed by atoms with E-state index < -0.39 is 11.7 Å². The monoisotopic (exact) mass is 435 g/mol. The predicted octanol–water partition coefficient (Wildman–Crippen LogP) is 5.50. The lowest BCUT2D eigenvalue weighted by atomic mass is 10.0. The molecule has 4 aromatic rings. The van der Waals surface area contributed by atoms with Gasteiger partial charge in [0.2, 0.25) is 0 Å². The minimum Gasteiger partial charge on any atom is -0.350 e. The van der Waals surface area contributed by atoms with Gasteiger partial charge < -0.3 is 4.98 Å². The van der Waals surface area contributed by atoms with Crippen LogP contribution in [0.4, 0.5) is 4.39 Å². The van der Waals surface area contributed by atoms with Gasteiger partial charge in [0, 0.05) is 26.5 Å². The molecule has 2 N–H and O–H groups in total. The number of aromatic nitrogens is 1. The van der Waals surface area contributed by atoms with Gasteiger partial charge in [-0.25, -0.2) is 9.82 Å². The number of carbonyl (C=O) groups excluding carboxylic acids is 1. The SMILES string of the molecule is O=C(NN=Cc1ccc(Br)cc1F)c1[nH]c2ccccc2c1-c1ccccc1. The van der Waals surface area contributed by atoms with Crippen LogP contribution in [-0.4, -0.2) is 17.1 Å². The summed E-state index contributed by atoms with van der Waals surface area (Å²) in [5, 5.41) is 4.86.